The van der Waals surface area contributed by atoms with Gasteiger partial charge < -0.3 is 14.6 Å². The van der Waals surface area contributed by atoms with E-state index >= 15 is 0 Å². The summed E-state index contributed by atoms with van der Waals surface area (Å²) < 4.78 is 5.29. The number of hydrogen-bond donors (Lipinski definition) is 3. The minimum atomic E-state index is -1.15. The van der Waals surface area contributed by atoms with Gasteiger partial charge in [0, 0.05) is 18.2 Å². The predicted octanol–water partition coefficient (Wildman–Crippen LogP) is 4.61. The quantitative estimate of drug-likeness (QED) is 0.431. The van der Waals surface area contributed by atoms with Crippen LogP contribution in [-0.4, -0.2) is 22.1 Å². The number of rotatable bonds is 8. The number of benzene rings is 1. The predicted molar refractivity (Wildman–Crippen MR) is 114 cm³/mol. The van der Waals surface area contributed by atoms with Crippen molar-refractivity contribution >= 4 is 18.0 Å². The highest BCUT2D eigenvalue weighted by molar-refractivity contribution is 6.12. The van der Waals surface area contributed by atoms with Gasteiger partial charge in [-0.1, -0.05) is 42.8 Å². The van der Waals surface area contributed by atoms with E-state index in [1.807, 2.05) is 31.2 Å². The number of Topliss-reactive ketones (excluding diaryl/α,β-unsaturated/α-hetero) is 1. The second-order valence-electron chi connectivity index (χ2n) is 7.09. The molecule has 30 heavy (non-hydrogen) atoms. The van der Waals surface area contributed by atoms with Gasteiger partial charge in [-0.2, -0.15) is 0 Å². The molecule has 1 amide bonds. The molecule has 0 radical (unpaired) electrons. The van der Waals surface area contributed by atoms with E-state index in [9.17, 15) is 19.5 Å². The first-order valence-corrected chi connectivity index (χ1v) is 9.50. The molecule has 0 aliphatic rings. The van der Waals surface area contributed by atoms with Gasteiger partial charge in [-0.3, -0.25) is 10.1 Å². The summed E-state index contributed by atoms with van der Waals surface area (Å²) in [7, 11) is 0. The molecule has 2 aromatic rings. The number of aromatic hydroxyl groups is 1. The van der Waals surface area contributed by atoms with Crippen molar-refractivity contribution in [3.63, 3.8) is 0 Å². The maximum atomic E-state index is 12.7. The van der Waals surface area contributed by atoms with Crippen molar-refractivity contribution in [2.45, 2.75) is 39.5 Å². The lowest BCUT2D eigenvalue weighted by Crippen LogP contribution is -2.16. The van der Waals surface area contributed by atoms with E-state index in [2.05, 4.69) is 5.32 Å². The normalized spacial score (nSPS) is 12.7. The van der Waals surface area contributed by atoms with Gasteiger partial charge in [-0.25, -0.2) is 9.59 Å². The van der Waals surface area contributed by atoms with Crippen molar-refractivity contribution in [1.29, 1.82) is 0 Å². The molecule has 158 valence electrons. The maximum Gasteiger partial charge on any atom is 0.408 e. The van der Waals surface area contributed by atoms with Crippen LogP contribution >= 0.6 is 0 Å². The molecule has 0 saturated carbocycles. The second kappa shape index (κ2) is 10.2. The van der Waals surface area contributed by atoms with Crippen LogP contribution in [0.1, 0.15) is 59.9 Å². The molecule has 1 heterocycles. The first kappa shape index (κ1) is 22.7. The van der Waals surface area contributed by atoms with Gasteiger partial charge in [0.05, 0.1) is 0 Å². The summed E-state index contributed by atoms with van der Waals surface area (Å²) in [5.74, 6) is -0.971. The van der Waals surface area contributed by atoms with E-state index in [-0.39, 0.29) is 11.7 Å². The lowest BCUT2D eigenvalue weighted by atomic mass is 9.99. The van der Waals surface area contributed by atoms with E-state index in [1.165, 1.54) is 12.3 Å². The standard InChI is InChI=1S/C23H25NO6/c1-14-7-9-17(10-8-14)12-16(3)21(26)20-18(25)13-19(30-22(20)27)15(2)6-4-5-11-24-23(28)29/h5,7-13,15,24-25H,4,6H2,1-3H3,(H,28,29)/b11-5+,16-12+. The van der Waals surface area contributed by atoms with Crippen LogP contribution in [0.3, 0.4) is 0 Å². The van der Waals surface area contributed by atoms with Crippen LogP contribution in [0.15, 0.2) is 57.4 Å². The number of amides is 1. The van der Waals surface area contributed by atoms with Gasteiger partial charge in [0.15, 0.2) is 5.78 Å². The molecular weight excluding hydrogens is 386 g/mol. The average molecular weight is 411 g/mol. The molecule has 1 aromatic carbocycles. The Hall–Kier alpha value is -3.61. The fourth-order valence-corrected chi connectivity index (χ4v) is 2.83. The highest BCUT2D eigenvalue weighted by atomic mass is 16.4. The smallest absolute Gasteiger partial charge is 0.408 e. The zero-order valence-corrected chi connectivity index (χ0v) is 17.1. The van der Waals surface area contributed by atoms with Crippen molar-refractivity contribution in [2.24, 2.45) is 0 Å². The molecule has 0 saturated heterocycles. The molecule has 0 aliphatic carbocycles. The first-order valence-electron chi connectivity index (χ1n) is 9.50. The molecule has 0 aliphatic heterocycles. The molecule has 1 aromatic heterocycles. The third kappa shape index (κ3) is 6.20. The first-order chi connectivity index (χ1) is 14.2. The summed E-state index contributed by atoms with van der Waals surface area (Å²) in [6.07, 6.45) is 4.54. The number of allylic oxidation sites excluding steroid dienone is 2. The van der Waals surface area contributed by atoms with E-state index < -0.39 is 28.8 Å². The lowest BCUT2D eigenvalue weighted by molar-refractivity contribution is 0.102. The van der Waals surface area contributed by atoms with Crippen molar-refractivity contribution in [3.05, 3.63) is 81.1 Å². The molecule has 2 rings (SSSR count). The Balaban J connectivity index is 2.16. The van der Waals surface area contributed by atoms with Gasteiger partial charge >= 0.3 is 11.7 Å². The molecule has 0 bridgehead atoms. The highest BCUT2D eigenvalue weighted by Crippen LogP contribution is 2.26. The number of ketones is 1. The van der Waals surface area contributed by atoms with Crippen molar-refractivity contribution < 1.29 is 24.2 Å². The number of hydrogen-bond acceptors (Lipinski definition) is 5. The molecule has 1 atom stereocenters. The van der Waals surface area contributed by atoms with Crippen molar-refractivity contribution in [2.75, 3.05) is 0 Å². The average Bonchev–Trinajstić information content (AvgIpc) is 2.68. The van der Waals surface area contributed by atoms with E-state index in [1.54, 1.807) is 26.0 Å². The van der Waals surface area contributed by atoms with E-state index in [4.69, 9.17) is 9.52 Å². The molecule has 7 nitrogen and oxygen atoms in total. The maximum absolute atomic E-state index is 12.7. The van der Waals surface area contributed by atoms with Gasteiger partial charge in [-0.15, -0.1) is 0 Å². The van der Waals surface area contributed by atoms with Crippen LogP contribution in [0.4, 0.5) is 4.79 Å². The lowest BCUT2D eigenvalue weighted by Gasteiger charge is -2.11. The van der Waals surface area contributed by atoms with Crippen molar-refractivity contribution in [1.82, 2.24) is 5.32 Å². The van der Waals surface area contributed by atoms with Gasteiger partial charge in [0.25, 0.3) is 0 Å². The Morgan fingerprint density at radius 2 is 1.90 bits per heavy atom. The van der Waals surface area contributed by atoms with Crippen LogP contribution in [0.5, 0.6) is 5.75 Å². The van der Waals surface area contributed by atoms with E-state index in [0.717, 1.165) is 11.1 Å². The second-order valence-corrected chi connectivity index (χ2v) is 7.09. The number of carbonyl (C=O) groups excluding carboxylic acids is 1. The van der Waals surface area contributed by atoms with Crippen LogP contribution in [0.25, 0.3) is 6.08 Å². The number of aryl methyl sites for hydroxylation is 1. The van der Waals surface area contributed by atoms with Gasteiger partial charge in [0.2, 0.25) is 0 Å². The molecule has 3 N–H and O–H groups in total. The Bertz CT molecular complexity index is 1030. The number of carbonyl (C=O) groups is 2. The van der Waals surface area contributed by atoms with E-state index in [0.29, 0.717) is 18.4 Å². The summed E-state index contributed by atoms with van der Waals surface area (Å²) >= 11 is 0. The van der Waals surface area contributed by atoms with Crippen LogP contribution < -0.4 is 10.9 Å². The number of carboxylic acid groups (broad SMARTS) is 1. The Morgan fingerprint density at radius 3 is 2.50 bits per heavy atom. The minimum Gasteiger partial charge on any atom is -0.507 e. The fourth-order valence-electron chi connectivity index (χ4n) is 2.83. The van der Waals surface area contributed by atoms with Gasteiger partial charge in [-0.05, 0) is 43.9 Å². The molecule has 1 unspecified atom stereocenters. The third-order valence-electron chi connectivity index (χ3n) is 4.57. The molecule has 0 fully saturated rings. The Morgan fingerprint density at radius 1 is 1.23 bits per heavy atom. The molecular formula is C23H25NO6. The highest BCUT2D eigenvalue weighted by Gasteiger charge is 2.22. The number of nitrogens with one attached hydrogen (secondary N) is 1. The van der Waals surface area contributed by atoms with Gasteiger partial charge in [0.1, 0.15) is 17.1 Å². The third-order valence-corrected chi connectivity index (χ3v) is 4.57. The van der Waals surface area contributed by atoms with Crippen LogP contribution in [-0.2, 0) is 0 Å². The Labute approximate surface area is 174 Å². The Kier molecular flexibility index (Phi) is 7.75. The van der Waals surface area contributed by atoms with Crippen LogP contribution in [0.2, 0.25) is 0 Å². The van der Waals surface area contributed by atoms with Crippen LogP contribution in [0, 0.1) is 6.92 Å². The molecule has 0 spiro atoms. The topological polar surface area (TPSA) is 117 Å². The van der Waals surface area contributed by atoms with Crippen molar-refractivity contribution in [3.8, 4) is 5.75 Å². The molecule has 7 heteroatoms. The summed E-state index contributed by atoms with van der Waals surface area (Å²) in [6, 6.07) is 8.84. The monoisotopic (exact) mass is 411 g/mol. The zero-order chi connectivity index (χ0) is 22.3. The SMILES string of the molecule is C/C(=C\c1ccc(C)cc1)C(=O)c1c(O)cc(C(C)CC/C=C/NC(=O)O)oc1=O. The largest absolute Gasteiger partial charge is 0.507 e. The fraction of sp³-hybridized carbons (Fsp3) is 0.261. The summed E-state index contributed by atoms with van der Waals surface area (Å²) in [6.45, 7) is 5.34. The zero-order valence-electron chi connectivity index (χ0n) is 17.1. The summed E-state index contributed by atoms with van der Waals surface area (Å²) in [5, 5.41) is 20.9. The summed E-state index contributed by atoms with van der Waals surface area (Å²) in [4.78, 5) is 35.5. The minimum absolute atomic E-state index is 0.216. The summed E-state index contributed by atoms with van der Waals surface area (Å²) in [5.41, 5.74) is 0.927.